The molecule has 1 heterocycles. The normalized spacial score (nSPS) is 25.2. The lowest BCUT2D eigenvalue weighted by molar-refractivity contribution is -0.294. The van der Waals surface area contributed by atoms with Crippen molar-refractivity contribution in [2.45, 2.75) is 24.9 Å². The molecule has 0 bridgehead atoms. The van der Waals surface area contributed by atoms with E-state index in [4.69, 9.17) is 14.2 Å². The number of hydrogen-bond donors (Lipinski definition) is 3. The maximum absolute atomic E-state index is 13.6. The largest absolute Gasteiger partial charge is 0.493 e. The molecule has 150 valence electrons. The molecule has 0 saturated carbocycles. The predicted octanol–water partition coefficient (Wildman–Crippen LogP) is 1.49. The van der Waals surface area contributed by atoms with Gasteiger partial charge in [-0.3, -0.25) is 4.79 Å². The first-order chi connectivity index (χ1) is 12.6. The second-order valence-corrected chi connectivity index (χ2v) is 5.65. The molecule has 3 atom stereocenters. The van der Waals surface area contributed by atoms with E-state index in [0.29, 0.717) is 0 Å². The Bertz CT molecular complexity index is 727. The number of rotatable bonds is 5. The topological polar surface area (TPSA) is 106 Å². The van der Waals surface area contributed by atoms with Crippen molar-refractivity contribution in [2.75, 3.05) is 20.8 Å². The van der Waals surface area contributed by atoms with Crippen molar-refractivity contribution in [3.63, 3.8) is 0 Å². The lowest BCUT2D eigenvalue weighted by atomic mass is 9.81. The summed E-state index contributed by atoms with van der Waals surface area (Å²) in [6.07, 6.45) is -5.35. The molecule has 3 N–H and O–H groups in total. The second-order valence-electron chi connectivity index (χ2n) is 5.65. The van der Waals surface area contributed by atoms with Crippen molar-refractivity contribution in [1.82, 2.24) is 10.6 Å². The molecule has 1 aromatic carbocycles. The Morgan fingerprint density at radius 2 is 1.96 bits per heavy atom. The van der Waals surface area contributed by atoms with Crippen LogP contribution in [0, 0.1) is 5.92 Å². The molecule has 8 nitrogen and oxygen atoms in total. The summed E-state index contributed by atoms with van der Waals surface area (Å²) in [4.78, 5) is 24.2. The number of hydrogen-bond acceptors (Lipinski definition) is 6. The van der Waals surface area contributed by atoms with Gasteiger partial charge >= 0.3 is 18.2 Å². The molecule has 1 fully saturated rings. The highest BCUT2D eigenvalue weighted by molar-refractivity contribution is 5.83. The van der Waals surface area contributed by atoms with Gasteiger partial charge in [0.15, 0.2) is 11.5 Å². The average molecular weight is 392 g/mol. The van der Waals surface area contributed by atoms with E-state index < -0.39 is 35.9 Å². The summed E-state index contributed by atoms with van der Waals surface area (Å²) in [5, 5.41) is 13.9. The molecule has 1 aliphatic rings. The summed E-state index contributed by atoms with van der Waals surface area (Å²) >= 11 is 0. The van der Waals surface area contributed by atoms with Crippen LogP contribution in [-0.4, -0.2) is 49.8 Å². The van der Waals surface area contributed by atoms with E-state index in [-0.39, 0.29) is 23.7 Å². The Hall–Kier alpha value is -2.69. The highest BCUT2D eigenvalue weighted by atomic mass is 19.4. The number of carbonyl (C=O) groups is 2. The number of halogens is 3. The first-order valence-electron chi connectivity index (χ1n) is 7.86. The van der Waals surface area contributed by atoms with Crippen LogP contribution >= 0.6 is 0 Å². The fourth-order valence-electron chi connectivity index (χ4n) is 2.95. The van der Waals surface area contributed by atoms with Gasteiger partial charge in [-0.25, -0.2) is 4.79 Å². The van der Waals surface area contributed by atoms with Crippen LogP contribution in [0.3, 0.4) is 0 Å². The second kappa shape index (κ2) is 7.51. The molecule has 0 radical (unpaired) electrons. The van der Waals surface area contributed by atoms with E-state index in [1.807, 2.05) is 0 Å². The van der Waals surface area contributed by atoms with E-state index in [2.05, 4.69) is 5.32 Å². The molecule has 2 amide bonds. The van der Waals surface area contributed by atoms with Crippen molar-refractivity contribution in [3.05, 3.63) is 23.8 Å². The summed E-state index contributed by atoms with van der Waals surface area (Å²) in [7, 11) is 2.57. The van der Waals surface area contributed by atoms with Gasteiger partial charge in [-0.1, -0.05) is 12.1 Å². The zero-order valence-corrected chi connectivity index (χ0v) is 14.7. The van der Waals surface area contributed by atoms with Crippen molar-refractivity contribution < 1.29 is 42.1 Å². The summed E-state index contributed by atoms with van der Waals surface area (Å²) in [6.45, 7) is 1.18. The highest BCUT2D eigenvalue weighted by Crippen LogP contribution is 2.46. The maximum atomic E-state index is 13.6. The minimum Gasteiger partial charge on any atom is -0.493 e. The molecule has 1 aliphatic heterocycles. The molecular formula is C16H19F3N2O6. The van der Waals surface area contributed by atoms with Crippen LogP contribution in [0.1, 0.15) is 18.5 Å². The monoisotopic (exact) mass is 392 g/mol. The number of aliphatic hydroxyl groups is 1. The first-order valence-corrected chi connectivity index (χ1v) is 7.86. The van der Waals surface area contributed by atoms with Gasteiger partial charge in [-0.2, -0.15) is 13.2 Å². The third kappa shape index (κ3) is 3.59. The SMILES string of the molecule is CCOC(=O)[C@H]1[C@@H](c2cccc(OC)c2OC)NC(=O)N[C@]1(O)C(F)(F)F. The molecule has 1 saturated heterocycles. The van der Waals surface area contributed by atoms with Crippen LogP contribution in [0.15, 0.2) is 18.2 Å². The standard InChI is InChI=1S/C16H19F3N2O6/c1-4-27-13(22)10-11(8-6-5-7-9(25-2)12(8)26-3)20-14(23)21-15(10,24)16(17,18)19/h5-7,10-11,24H,4H2,1-3H3,(H2,20,21,23)/t10-,11-,15-/m1/s1. The molecule has 1 aromatic rings. The van der Waals surface area contributed by atoms with Gasteiger partial charge in [0.05, 0.1) is 26.9 Å². The van der Waals surface area contributed by atoms with Crippen molar-refractivity contribution in [2.24, 2.45) is 5.92 Å². The summed E-state index contributed by atoms with van der Waals surface area (Å²) in [5.41, 5.74) is -3.84. The maximum Gasteiger partial charge on any atom is 0.437 e. The van der Waals surface area contributed by atoms with Crippen LogP contribution < -0.4 is 20.1 Å². The number of esters is 1. The van der Waals surface area contributed by atoms with E-state index in [1.54, 1.807) is 0 Å². The predicted molar refractivity (Wildman–Crippen MR) is 85.1 cm³/mol. The number of methoxy groups -OCH3 is 2. The number of alkyl halides is 3. The van der Waals surface area contributed by atoms with Crippen LogP contribution in [0.25, 0.3) is 0 Å². The lowest BCUT2D eigenvalue weighted by Gasteiger charge is -2.44. The number of para-hydroxylation sites is 1. The number of amides is 2. The summed E-state index contributed by atoms with van der Waals surface area (Å²) in [5.74, 6) is -3.41. The van der Waals surface area contributed by atoms with Crippen LogP contribution in [0.5, 0.6) is 11.5 Å². The summed E-state index contributed by atoms with van der Waals surface area (Å²) in [6, 6.07) is 1.36. The van der Waals surface area contributed by atoms with Crippen LogP contribution in [0.2, 0.25) is 0 Å². The fraction of sp³-hybridized carbons (Fsp3) is 0.500. The Labute approximate surface area is 152 Å². The van der Waals surface area contributed by atoms with Crippen molar-refractivity contribution in [1.29, 1.82) is 0 Å². The third-order valence-corrected chi connectivity index (χ3v) is 4.12. The van der Waals surface area contributed by atoms with Gasteiger partial charge in [0.2, 0.25) is 0 Å². The molecular weight excluding hydrogens is 373 g/mol. The summed E-state index contributed by atoms with van der Waals surface area (Å²) < 4.78 is 55.8. The van der Waals surface area contributed by atoms with Crippen LogP contribution in [0.4, 0.5) is 18.0 Å². The van der Waals surface area contributed by atoms with Gasteiger partial charge in [0.1, 0.15) is 5.92 Å². The molecule has 27 heavy (non-hydrogen) atoms. The zero-order chi connectivity index (χ0) is 20.4. The van der Waals surface area contributed by atoms with Crippen molar-refractivity contribution in [3.8, 4) is 11.5 Å². The lowest BCUT2D eigenvalue weighted by Crippen LogP contribution is -2.73. The minimum atomic E-state index is -5.35. The van der Waals surface area contributed by atoms with Crippen molar-refractivity contribution >= 4 is 12.0 Å². The molecule has 0 aliphatic carbocycles. The van der Waals surface area contributed by atoms with E-state index >= 15 is 0 Å². The van der Waals surface area contributed by atoms with Gasteiger partial charge in [0.25, 0.3) is 5.72 Å². The smallest absolute Gasteiger partial charge is 0.437 e. The first kappa shape index (κ1) is 20.6. The zero-order valence-electron chi connectivity index (χ0n) is 14.7. The Balaban J connectivity index is 2.68. The molecule has 0 unspecified atom stereocenters. The molecule has 0 aromatic heterocycles. The molecule has 11 heteroatoms. The molecule has 0 spiro atoms. The Morgan fingerprint density at radius 1 is 1.30 bits per heavy atom. The molecule has 2 rings (SSSR count). The number of ether oxygens (including phenoxy) is 3. The van der Waals surface area contributed by atoms with Gasteiger partial charge in [0, 0.05) is 5.56 Å². The van der Waals surface area contributed by atoms with Gasteiger partial charge in [-0.15, -0.1) is 0 Å². The number of nitrogens with one attached hydrogen (secondary N) is 2. The van der Waals surface area contributed by atoms with Gasteiger partial charge < -0.3 is 30.0 Å². The number of carbonyl (C=O) groups excluding carboxylic acids is 2. The van der Waals surface area contributed by atoms with Gasteiger partial charge in [-0.05, 0) is 13.0 Å². The Kier molecular flexibility index (Phi) is 5.73. The van der Waals surface area contributed by atoms with Crippen LogP contribution in [-0.2, 0) is 9.53 Å². The Morgan fingerprint density at radius 3 is 2.48 bits per heavy atom. The quantitative estimate of drug-likeness (QED) is 0.656. The van der Waals surface area contributed by atoms with E-state index in [9.17, 15) is 27.9 Å². The minimum absolute atomic E-state index is 0.00558. The van der Waals surface area contributed by atoms with E-state index in [0.717, 1.165) is 0 Å². The third-order valence-electron chi connectivity index (χ3n) is 4.12. The fourth-order valence-corrected chi connectivity index (χ4v) is 2.95. The van der Waals surface area contributed by atoms with E-state index in [1.165, 1.54) is 44.7 Å². The highest BCUT2D eigenvalue weighted by Gasteiger charge is 2.67. The number of urea groups is 1. The number of benzene rings is 1. The average Bonchev–Trinajstić information content (AvgIpc) is 2.59.